The van der Waals surface area contributed by atoms with Gasteiger partial charge < -0.3 is 4.74 Å². The fourth-order valence-corrected chi connectivity index (χ4v) is 1.08. The normalized spacial score (nSPS) is 10.5. The summed E-state index contributed by atoms with van der Waals surface area (Å²) < 4.78 is 4.69. The zero-order valence-electron chi connectivity index (χ0n) is 9.50. The molecule has 0 rings (SSSR count). The van der Waals surface area contributed by atoms with Crippen LogP contribution in [0.4, 0.5) is 0 Å². The van der Waals surface area contributed by atoms with E-state index in [2.05, 4.69) is 4.74 Å². The second-order valence-electron chi connectivity index (χ2n) is 4.58. The summed E-state index contributed by atoms with van der Waals surface area (Å²) in [5, 5.41) is 8.21. The third-order valence-electron chi connectivity index (χ3n) is 1.55. The van der Waals surface area contributed by atoms with Gasteiger partial charge in [-0.2, -0.15) is 5.26 Å². The van der Waals surface area contributed by atoms with Crippen molar-refractivity contribution < 1.29 is 14.3 Å². The van der Waals surface area contributed by atoms with Crippen molar-refractivity contribution in [2.45, 2.75) is 40.0 Å². The van der Waals surface area contributed by atoms with Gasteiger partial charge >= 0.3 is 5.97 Å². The average Bonchev–Trinajstić information content (AvgIpc) is 2.00. The molecule has 0 aromatic carbocycles. The number of Topliss-reactive ketones (excluding diaryl/α,β-unsaturated/α-hetero) is 1. The number of nitrogens with zero attached hydrogens (tertiary/aromatic N) is 1. The Morgan fingerprint density at radius 3 is 2.40 bits per heavy atom. The molecule has 0 aromatic heterocycles. The highest BCUT2D eigenvalue weighted by Crippen LogP contribution is 2.19. The topological polar surface area (TPSA) is 67.2 Å². The number of ketones is 1. The molecule has 0 unspecified atom stereocenters. The van der Waals surface area contributed by atoms with Crippen molar-refractivity contribution >= 4 is 11.8 Å². The third-order valence-corrected chi connectivity index (χ3v) is 1.55. The molecule has 0 heterocycles. The Bertz CT molecular complexity index is 271. The van der Waals surface area contributed by atoms with Crippen LogP contribution in [0.3, 0.4) is 0 Å². The van der Waals surface area contributed by atoms with Crippen LogP contribution in [-0.4, -0.2) is 18.4 Å². The van der Waals surface area contributed by atoms with Crippen molar-refractivity contribution in [3.05, 3.63) is 0 Å². The third kappa shape index (κ3) is 8.95. The minimum absolute atomic E-state index is 0.0676. The summed E-state index contributed by atoms with van der Waals surface area (Å²) in [6.45, 7) is 5.88. The highest BCUT2D eigenvalue weighted by molar-refractivity contribution is 5.95. The maximum atomic E-state index is 11.3. The molecule has 0 bridgehead atoms. The van der Waals surface area contributed by atoms with Crippen molar-refractivity contribution in [3.8, 4) is 6.07 Å². The van der Waals surface area contributed by atoms with E-state index in [4.69, 9.17) is 5.26 Å². The molecule has 4 nitrogen and oxygen atoms in total. The summed E-state index contributed by atoms with van der Waals surface area (Å²) in [5.74, 6) is -0.663. The number of carbonyl (C=O) groups excluding carboxylic acids is 2. The van der Waals surface area contributed by atoms with E-state index in [-0.39, 0.29) is 30.6 Å². The first-order valence-electron chi connectivity index (χ1n) is 4.89. The summed E-state index contributed by atoms with van der Waals surface area (Å²) in [4.78, 5) is 22.4. The Kier molecular flexibility index (Phi) is 5.61. The summed E-state index contributed by atoms with van der Waals surface area (Å²) >= 11 is 0. The molecule has 0 aromatic rings. The number of nitriles is 1. The number of ether oxygens (including phenoxy) is 1. The van der Waals surface area contributed by atoms with Gasteiger partial charge in [-0.1, -0.05) is 20.8 Å². The first-order chi connectivity index (χ1) is 6.85. The predicted octanol–water partition coefficient (Wildman–Crippen LogP) is 1.84. The van der Waals surface area contributed by atoms with Crippen LogP contribution >= 0.6 is 0 Å². The molecule has 0 spiro atoms. The van der Waals surface area contributed by atoms with E-state index in [0.29, 0.717) is 6.42 Å². The molecule has 0 radical (unpaired) electrons. The molecule has 0 amide bonds. The van der Waals surface area contributed by atoms with E-state index < -0.39 is 5.97 Å². The minimum Gasteiger partial charge on any atom is -0.464 e. The monoisotopic (exact) mass is 211 g/mol. The number of rotatable bonds is 5. The Morgan fingerprint density at radius 1 is 1.33 bits per heavy atom. The summed E-state index contributed by atoms with van der Waals surface area (Å²) in [6.07, 6.45) is 0.336. The standard InChI is InChI=1S/C11H17NO3/c1-11(2,3)8-9(13)7-10(14)15-6-4-5-12/h4,6-8H2,1-3H3. The highest BCUT2D eigenvalue weighted by atomic mass is 16.5. The lowest BCUT2D eigenvalue weighted by Crippen LogP contribution is -2.17. The van der Waals surface area contributed by atoms with E-state index in [1.165, 1.54) is 0 Å². The second-order valence-corrected chi connectivity index (χ2v) is 4.58. The lowest BCUT2D eigenvalue weighted by Gasteiger charge is -2.16. The van der Waals surface area contributed by atoms with Crippen LogP contribution in [0.25, 0.3) is 0 Å². The summed E-state index contributed by atoms with van der Waals surface area (Å²) in [5.41, 5.74) is -0.107. The largest absolute Gasteiger partial charge is 0.464 e. The molecule has 0 aliphatic carbocycles. The van der Waals surface area contributed by atoms with Gasteiger partial charge in [-0.25, -0.2) is 0 Å². The van der Waals surface area contributed by atoms with Crippen molar-refractivity contribution in [2.24, 2.45) is 5.41 Å². The summed E-state index contributed by atoms with van der Waals surface area (Å²) in [6, 6.07) is 1.85. The van der Waals surface area contributed by atoms with Crippen LogP contribution in [0.5, 0.6) is 0 Å². The van der Waals surface area contributed by atoms with Crippen LogP contribution in [-0.2, 0) is 14.3 Å². The summed E-state index contributed by atoms with van der Waals surface area (Å²) in [7, 11) is 0. The fraction of sp³-hybridized carbons (Fsp3) is 0.727. The molecule has 0 aliphatic heterocycles. The first-order valence-corrected chi connectivity index (χ1v) is 4.89. The van der Waals surface area contributed by atoms with E-state index in [0.717, 1.165) is 0 Å². The second kappa shape index (κ2) is 6.18. The Morgan fingerprint density at radius 2 is 1.93 bits per heavy atom. The molecule has 0 N–H and O–H groups in total. The van der Waals surface area contributed by atoms with Crippen molar-refractivity contribution in [3.63, 3.8) is 0 Å². The molecule has 4 heteroatoms. The Labute approximate surface area is 90.2 Å². The number of hydrogen-bond acceptors (Lipinski definition) is 4. The molecular formula is C11H17NO3. The van der Waals surface area contributed by atoms with Crippen LogP contribution in [0.2, 0.25) is 0 Å². The fourth-order valence-electron chi connectivity index (χ4n) is 1.08. The van der Waals surface area contributed by atoms with Gasteiger partial charge in [-0.05, 0) is 5.41 Å². The van der Waals surface area contributed by atoms with Gasteiger partial charge in [-0.15, -0.1) is 0 Å². The lowest BCUT2D eigenvalue weighted by molar-refractivity contribution is -0.146. The SMILES string of the molecule is CC(C)(C)CC(=O)CC(=O)OCCC#N. The van der Waals surface area contributed by atoms with Crippen LogP contribution < -0.4 is 0 Å². The van der Waals surface area contributed by atoms with E-state index in [1.807, 2.05) is 26.8 Å². The van der Waals surface area contributed by atoms with Gasteiger partial charge in [0, 0.05) is 6.42 Å². The highest BCUT2D eigenvalue weighted by Gasteiger charge is 2.18. The van der Waals surface area contributed by atoms with Crippen molar-refractivity contribution in [1.82, 2.24) is 0 Å². The van der Waals surface area contributed by atoms with Crippen molar-refractivity contribution in [2.75, 3.05) is 6.61 Å². The number of esters is 1. The van der Waals surface area contributed by atoms with E-state index in [9.17, 15) is 9.59 Å². The van der Waals surface area contributed by atoms with Crippen LogP contribution in [0.15, 0.2) is 0 Å². The predicted molar refractivity (Wildman–Crippen MR) is 54.9 cm³/mol. The van der Waals surface area contributed by atoms with Gasteiger partial charge in [0.1, 0.15) is 18.8 Å². The van der Waals surface area contributed by atoms with E-state index in [1.54, 1.807) is 0 Å². The van der Waals surface area contributed by atoms with Crippen molar-refractivity contribution in [1.29, 1.82) is 5.26 Å². The molecule has 0 aliphatic rings. The average molecular weight is 211 g/mol. The first kappa shape index (κ1) is 13.6. The number of hydrogen-bond donors (Lipinski definition) is 0. The smallest absolute Gasteiger partial charge is 0.313 e. The van der Waals surface area contributed by atoms with Gasteiger partial charge in [0.25, 0.3) is 0 Å². The van der Waals surface area contributed by atoms with Gasteiger partial charge in [0.15, 0.2) is 0 Å². The Hall–Kier alpha value is -1.37. The molecule has 0 fully saturated rings. The Balaban J connectivity index is 3.78. The maximum absolute atomic E-state index is 11.3. The molecular weight excluding hydrogens is 194 g/mol. The molecule has 0 saturated carbocycles. The van der Waals surface area contributed by atoms with Crippen LogP contribution in [0.1, 0.15) is 40.0 Å². The van der Waals surface area contributed by atoms with E-state index >= 15 is 0 Å². The maximum Gasteiger partial charge on any atom is 0.313 e. The zero-order chi connectivity index (χ0) is 11.9. The molecule has 0 saturated heterocycles. The van der Waals surface area contributed by atoms with Crippen LogP contribution in [0, 0.1) is 16.7 Å². The molecule has 0 atom stereocenters. The van der Waals surface area contributed by atoms with Gasteiger partial charge in [0.05, 0.1) is 12.5 Å². The van der Waals surface area contributed by atoms with Gasteiger partial charge in [-0.3, -0.25) is 9.59 Å². The minimum atomic E-state index is -0.542. The molecule has 15 heavy (non-hydrogen) atoms. The lowest BCUT2D eigenvalue weighted by atomic mass is 9.89. The quantitative estimate of drug-likeness (QED) is 0.395. The molecule has 84 valence electrons. The zero-order valence-corrected chi connectivity index (χ0v) is 9.50. The van der Waals surface area contributed by atoms with Gasteiger partial charge in [0.2, 0.25) is 0 Å². The number of carbonyl (C=O) groups is 2.